The van der Waals surface area contributed by atoms with E-state index in [9.17, 15) is 12.8 Å². The van der Waals surface area contributed by atoms with Crippen LogP contribution < -0.4 is 0 Å². The molecule has 3 nitrogen and oxygen atoms in total. The lowest BCUT2D eigenvalue weighted by atomic mass is 10.3. The van der Waals surface area contributed by atoms with E-state index in [0.717, 1.165) is 18.2 Å². The lowest BCUT2D eigenvalue weighted by Crippen LogP contribution is -2.01. The van der Waals surface area contributed by atoms with Gasteiger partial charge in [0.2, 0.25) is 0 Å². The van der Waals surface area contributed by atoms with Crippen molar-refractivity contribution in [3.8, 4) is 0 Å². The van der Waals surface area contributed by atoms with Gasteiger partial charge in [0, 0.05) is 0 Å². The maximum atomic E-state index is 12.6. The van der Waals surface area contributed by atoms with Crippen LogP contribution in [0.1, 0.15) is 0 Å². The number of hydrogen-bond donors (Lipinski definition) is 0. The lowest BCUT2D eigenvalue weighted by molar-refractivity contribution is 0.438. The summed E-state index contributed by atoms with van der Waals surface area (Å²) in [4.78, 5) is -0.228. The van der Waals surface area contributed by atoms with Crippen molar-refractivity contribution in [1.29, 1.82) is 0 Å². The van der Waals surface area contributed by atoms with Crippen molar-refractivity contribution in [2.75, 3.05) is 0 Å². The van der Waals surface area contributed by atoms with Gasteiger partial charge in [-0.2, -0.15) is 8.42 Å². The predicted molar refractivity (Wildman–Crippen MR) is 45.0 cm³/mol. The van der Waals surface area contributed by atoms with Crippen LogP contribution in [-0.4, -0.2) is 8.42 Å². The van der Waals surface area contributed by atoms with E-state index in [4.69, 9.17) is 11.6 Å². The third-order valence-corrected chi connectivity index (χ3v) is 2.77. The third-order valence-electron chi connectivity index (χ3n) is 1.33. The number of halogens is 2. The van der Waals surface area contributed by atoms with Gasteiger partial charge in [-0.25, -0.2) is 4.39 Å². The van der Waals surface area contributed by atoms with E-state index in [-0.39, 0.29) is 9.92 Å². The maximum Gasteiger partial charge on any atom is 0.297 e. The standard InChI is InChI=1S/C7H5ClFO3S/c1-12-13(10,11)5-2-3-7(9)6(8)4-5/h2-4H,1H2. The van der Waals surface area contributed by atoms with Gasteiger partial charge in [0.1, 0.15) is 5.82 Å². The van der Waals surface area contributed by atoms with E-state index in [1.807, 2.05) is 0 Å². The van der Waals surface area contributed by atoms with E-state index >= 15 is 0 Å². The predicted octanol–water partition coefficient (Wildman–Crippen LogP) is 1.98. The summed E-state index contributed by atoms with van der Waals surface area (Å²) in [5, 5.41) is -0.280. The molecule has 13 heavy (non-hydrogen) atoms. The molecule has 0 saturated heterocycles. The Kier molecular flexibility index (Phi) is 2.90. The first-order chi connectivity index (χ1) is 5.97. The molecule has 0 spiro atoms. The van der Waals surface area contributed by atoms with E-state index in [2.05, 4.69) is 11.3 Å². The molecule has 1 aromatic rings. The lowest BCUT2D eigenvalue weighted by Gasteiger charge is -2.01. The molecule has 0 heterocycles. The Balaban J connectivity index is 3.27. The fourth-order valence-corrected chi connectivity index (χ4v) is 1.58. The fraction of sp³-hybridized carbons (Fsp3) is 0. The number of rotatable bonds is 2. The highest BCUT2D eigenvalue weighted by atomic mass is 35.5. The summed E-state index contributed by atoms with van der Waals surface area (Å²) in [6, 6.07) is 2.94. The zero-order valence-electron chi connectivity index (χ0n) is 6.33. The molecule has 0 amide bonds. The Labute approximate surface area is 80.2 Å². The van der Waals surface area contributed by atoms with Gasteiger partial charge in [-0.3, -0.25) is 4.18 Å². The summed E-state index contributed by atoms with van der Waals surface area (Å²) < 4.78 is 38.6. The van der Waals surface area contributed by atoms with Gasteiger partial charge in [0.25, 0.3) is 10.1 Å². The zero-order chi connectivity index (χ0) is 10.1. The van der Waals surface area contributed by atoms with E-state index < -0.39 is 15.9 Å². The Morgan fingerprint density at radius 3 is 2.54 bits per heavy atom. The van der Waals surface area contributed by atoms with Gasteiger partial charge < -0.3 is 0 Å². The highest BCUT2D eigenvalue weighted by Crippen LogP contribution is 2.20. The molecule has 1 radical (unpaired) electrons. The molecule has 1 rings (SSSR count). The maximum absolute atomic E-state index is 12.6. The molecule has 0 bridgehead atoms. The second kappa shape index (κ2) is 3.61. The first-order valence-electron chi connectivity index (χ1n) is 3.11. The summed E-state index contributed by atoms with van der Waals surface area (Å²) in [7, 11) is -1.14. The fourth-order valence-electron chi connectivity index (χ4n) is 0.700. The summed E-state index contributed by atoms with van der Waals surface area (Å²) >= 11 is 5.36. The van der Waals surface area contributed by atoms with Crippen LogP contribution in [0.2, 0.25) is 5.02 Å². The van der Waals surface area contributed by atoms with Crippen LogP contribution >= 0.6 is 11.6 Å². The highest BCUT2D eigenvalue weighted by molar-refractivity contribution is 7.86. The summed E-state index contributed by atoms with van der Waals surface area (Å²) in [6.07, 6.45) is 0. The number of hydrogen-bond acceptors (Lipinski definition) is 3. The van der Waals surface area contributed by atoms with E-state index in [0.29, 0.717) is 0 Å². The van der Waals surface area contributed by atoms with E-state index in [1.165, 1.54) is 0 Å². The van der Waals surface area contributed by atoms with Crippen molar-refractivity contribution in [2.45, 2.75) is 4.90 Å². The van der Waals surface area contributed by atoms with Crippen molar-refractivity contribution in [1.82, 2.24) is 0 Å². The molecule has 0 fully saturated rings. The summed E-state index contributed by atoms with van der Waals surface area (Å²) in [5.74, 6) is -0.690. The van der Waals surface area contributed by atoms with Crippen LogP contribution in [0.5, 0.6) is 0 Å². The second-order valence-electron chi connectivity index (χ2n) is 2.15. The summed E-state index contributed by atoms with van der Waals surface area (Å²) in [6.45, 7) is 0. The molecular weight excluding hydrogens is 219 g/mol. The zero-order valence-corrected chi connectivity index (χ0v) is 7.90. The Morgan fingerprint density at radius 1 is 1.46 bits per heavy atom. The van der Waals surface area contributed by atoms with Gasteiger partial charge in [-0.15, -0.1) is 0 Å². The molecule has 6 heteroatoms. The average Bonchev–Trinajstić information content (AvgIpc) is 2.09. The molecule has 0 aromatic heterocycles. The summed E-state index contributed by atoms with van der Waals surface area (Å²) in [5.41, 5.74) is 0. The largest absolute Gasteiger partial charge is 0.297 e. The molecule has 0 aliphatic carbocycles. The van der Waals surface area contributed by atoms with Crippen molar-refractivity contribution in [3.05, 3.63) is 36.1 Å². The average molecular weight is 224 g/mol. The second-order valence-corrected chi connectivity index (χ2v) is 4.17. The van der Waals surface area contributed by atoms with Gasteiger partial charge in [0.05, 0.1) is 17.0 Å². The minimum absolute atomic E-state index is 0.228. The van der Waals surface area contributed by atoms with Crippen molar-refractivity contribution in [2.24, 2.45) is 0 Å². The minimum atomic E-state index is -3.90. The number of benzene rings is 1. The van der Waals surface area contributed by atoms with E-state index in [1.54, 1.807) is 0 Å². The Bertz CT molecular complexity index is 416. The Morgan fingerprint density at radius 2 is 2.08 bits per heavy atom. The molecule has 0 unspecified atom stereocenters. The molecule has 71 valence electrons. The molecule has 0 saturated carbocycles. The molecule has 1 aromatic carbocycles. The van der Waals surface area contributed by atoms with Gasteiger partial charge in [-0.1, -0.05) is 11.6 Å². The Hall–Kier alpha value is -0.650. The van der Waals surface area contributed by atoms with Gasteiger partial charge >= 0.3 is 0 Å². The van der Waals surface area contributed by atoms with Crippen LogP contribution in [0.15, 0.2) is 23.1 Å². The quantitative estimate of drug-likeness (QED) is 0.720. The van der Waals surface area contributed by atoms with Crippen LogP contribution in [-0.2, 0) is 14.3 Å². The molecular formula is C7H5ClFO3S. The first-order valence-corrected chi connectivity index (χ1v) is 4.90. The van der Waals surface area contributed by atoms with Crippen molar-refractivity contribution >= 4 is 21.7 Å². The van der Waals surface area contributed by atoms with Gasteiger partial charge in [-0.05, 0) is 18.2 Å². The highest BCUT2D eigenvalue weighted by Gasteiger charge is 2.14. The first kappa shape index (κ1) is 10.4. The van der Waals surface area contributed by atoms with Crippen molar-refractivity contribution < 1.29 is 17.0 Å². The van der Waals surface area contributed by atoms with Crippen molar-refractivity contribution in [3.63, 3.8) is 0 Å². The van der Waals surface area contributed by atoms with Crippen LogP contribution in [0.3, 0.4) is 0 Å². The third kappa shape index (κ3) is 2.18. The molecule has 0 aliphatic heterocycles. The molecule has 0 aliphatic rings. The minimum Gasteiger partial charge on any atom is -0.264 e. The van der Waals surface area contributed by atoms with Crippen LogP contribution in [0, 0.1) is 12.9 Å². The normalized spacial score (nSPS) is 11.6. The monoisotopic (exact) mass is 223 g/mol. The topological polar surface area (TPSA) is 43.4 Å². The SMILES string of the molecule is [CH2]OS(=O)(=O)c1ccc(F)c(Cl)c1. The van der Waals surface area contributed by atoms with Gasteiger partial charge in [0.15, 0.2) is 0 Å². The molecule has 0 N–H and O–H groups in total. The van der Waals surface area contributed by atoms with Crippen LogP contribution in [0.25, 0.3) is 0 Å². The molecule has 0 atom stereocenters. The smallest absolute Gasteiger partial charge is 0.264 e. The van der Waals surface area contributed by atoms with Crippen LogP contribution in [0.4, 0.5) is 4.39 Å².